The second-order valence-corrected chi connectivity index (χ2v) is 7.20. The van der Waals surface area contributed by atoms with Crippen LogP contribution in [-0.2, 0) is 16.4 Å². The maximum Gasteiger partial charge on any atom is 0.214 e. The maximum absolute atomic E-state index is 12.3. The normalized spacial score (nSPS) is 16.9. The fraction of sp³-hybridized carbons (Fsp3) is 0.571. The molecule has 1 saturated heterocycles. The van der Waals surface area contributed by atoms with Crippen LogP contribution in [0.1, 0.15) is 18.4 Å². The van der Waals surface area contributed by atoms with Crippen LogP contribution in [0.2, 0.25) is 0 Å². The number of nitrogens with zero attached hydrogens (tertiary/aromatic N) is 1. The molecule has 0 radical (unpaired) electrons. The van der Waals surface area contributed by atoms with Crippen molar-refractivity contribution >= 4 is 22.4 Å². The second kappa shape index (κ2) is 7.98. The molecular formula is C14H23ClN2O2S. The first-order chi connectivity index (χ1) is 9.09. The molecule has 20 heavy (non-hydrogen) atoms. The van der Waals surface area contributed by atoms with Crippen LogP contribution < -0.4 is 5.32 Å². The van der Waals surface area contributed by atoms with Crippen LogP contribution in [-0.4, -0.2) is 44.7 Å². The van der Waals surface area contributed by atoms with Crippen molar-refractivity contribution < 1.29 is 8.42 Å². The van der Waals surface area contributed by atoms with Crippen molar-refractivity contribution in [1.29, 1.82) is 0 Å². The summed E-state index contributed by atoms with van der Waals surface area (Å²) in [6.07, 6.45) is 2.39. The Morgan fingerprint density at radius 3 is 2.40 bits per heavy atom. The zero-order chi connectivity index (χ0) is 13.7. The Balaban J connectivity index is 0.00000200. The molecule has 0 unspecified atom stereocenters. The summed E-state index contributed by atoms with van der Waals surface area (Å²) in [5, 5.41) is 3.26. The highest BCUT2D eigenvalue weighted by molar-refractivity contribution is 7.89. The zero-order valence-electron chi connectivity index (χ0n) is 11.8. The summed E-state index contributed by atoms with van der Waals surface area (Å²) < 4.78 is 26.2. The van der Waals surface area contributed by atoms with Gasteiger partial charge in [-0.3, -0.25) is 0 Å². The predicted octanol–water partition coefficient (Wildman–Crippen LogP) is 1.66. The van der Waals surface area contributed by atoms with Gasteiger partial charge in [0, 0.05) is 13.1 Å². The van der Waals surface area contributed by atoms with E-state index in [4.69, 9.17) is 0 Å². The van der Waals surface area contributed by atoms with E-state index in [-0.39, 0.29) is 24.2 Å². The number of piperidine rings is 1. The van der Waals surface area contributed by atoms with Crippen molar-refractivity contribution in [3.63, 3.8) is 0 Å². The van der Waals surface area contributed by atoms with Gasteiger partial charge in [0.25, 0.3) is 0 Å². The Hall–Kier alpha value is -0.620. The number of rotatable bonds is 5. The molecule has 6 heteroatoms. The minimum absolute atomic E-state index is 0. The highest BCUT2D eigenvalue weighted by Gasteiger charge is 2.26. The molecule has 114 valence electrons. The van der Waals surface area contributed by atoms with Gasteiger partial charge in [0.2, 0.25) is 10.0 Å². The molecule has 0 saturated carbocycles. The number of nitrogens with one attached hydrogen (secondary N) is 1. The average molecular weight is 319 g/mol. The van der Waals surface area contributed by atoms with Crippen molar-refractivity contribution in [2.45, 2.75) is 25.3 Å². The molecule has 1 fully saturated rings. The highest BCUT2D eigenvalue weighted by atomic mass is 35.5. The average Bonchev–Trinajstić information content (AvgIpc) is 2.46. The molecule has 1 N–H and O–H groups in total. The highest BCUT2D eigenvalue weighted by Crippen LogP contribution is 2.15. The molecule has 1 aromatic rings. The molecule has 1 aliphatic rings. The number of hydrogen-bond donors (Lipinski definition) is 1. The predicted molar refractivity (Wildman–Crippen MR) is 84.8 cm³/mol. The van der Waals surface area contributed by atoms with Crippen molar-refractivity contribution in [3.8, 4) is 0 Å². The Bertz CT molecular complexity index is 487. The molecule has 1 heterocycles. The first-order valence-corrected chi connectivity index (χ1v) is 8.41. The molecule has 0 atom stereocenters. The molecule has 2 rings (SSSR count). The lowest BCUT2D eigenvalue weighted by Gasteiger charge is -2.30. The summed E-state index contributed by atoms with van der Waals surface area (Å²) in [6.45, 7) is 1.81. The molecule has 0 aliphatic carbocycles. The van der Waals surface area contributed by atoms with Crippen LogP contribution in [0.5, 0.6) is 0 Å². The van der Waals surface area contributed by atoms with E-state index in [2.05, 4.69) is 5.32 Å². The van der Waals surface area contributed by atoms with Gasteiger partial charge in [-0.1, -0.05) is 30.3 Å². The van der Waals surface area contributed by atoms with E-state index in [0.717, 1.165) is 31.5 Å². The van der Waals surface area contributed by atoms with Crippen molar-refractivity contribution in [2.24, 2.45) is 0 Å². The second-order valence-electron chi connectivity index (χ2n) is 5.05. The van der Waals surface area contributed by atoms with Crippen LogP contribution >= 0.6 is 12.4 Å². The maximum atomic E-state index is 12.3. The summed E-state index contributed by atoms with van der Waals surface area (Å²) in [5.74, 6) is 0.192. The van der Waals surface area contributed by atoms with E-state index in [9.17, 15) is 8.42 Å². The van der Waals surface area contributed by atoms with Crippen LogP contribution in [0.4, 0.5) is 0 Å². The van der Waals surface area contributed by atoms with Gasteiger partial charge in [-0.15, -0.1) is 12.4 Å². The van der Waals surface area contributed by atoms with Gasteiger partial charge in [0.15, 0.2) is 0 Å². The minimum Gasteiger partial charge on any atom is -0.317 e. The number of benzene rings is 1. The van der Waals surface area contributed by atoms with Crippen molar-refractivity contribution in [2.75, 3.05) is 25.9 Å². The standard InChI is InChI=1S/C14H22N2O2S.ClH/c1-16(14-7-10-15-11-8-14)19(17,18)12-9-13-5-3-2-4-6-13;/h2-6,14-15H,7-12H2,1H3;1H. The molecule has 0 amide bonds. The lowest BCUT2D eigenvalue weighted by molar-refractivity contribution is 0.296. The molecule has 1 aliphatic heterocycles. The Kier molecular flexibility index (Phi) is 6.95. The number of hydrogen-bond acceptors (Lipinski definition) is 3. The first-order valence-electron chi connectivity index (χ1n) is 6.80. The van der Waals surface area contributed by atoms with E-state index in [0.29, 0.717) is 6.42 Å². The third-order valence-corrected chi connectivity index (χ3v) is 5.65. The first kappa shape index (κ1) is 17.4. The Labute approximate surface area is 128 Å². The van der Waals surface area contributed by atoms with Crippen LogP contribution in [0.15, 0.2) is 30.3 Å². The lowest BCUT2D eigenvalue weighted by Crippen LogP contribution is -2.44. The zero-order valence-corrected chi connectivity index (χ0v) is 13.4. The van der Waals surface area contributed by atoms with Crippen LogP contribution in [0.3, 0.4) is 0 Å². The number of halogens is 1. The minimum atomic E-state index is -3.15. The van der Waals surface area contributed by atoms with Gasteiger partial charge in [-0.2, -0.15) is 0 Å². The fourth-order valence-corrected chi connectivity index (χ4v) is 3.88. The quantitative estimate of drug-likeness (QED) is 0.898. The molecule has 1 aromatic carbocycles. The molecular weight excluding hydrogens is 296 g/mol. The Morgan fingerprint density at radius 2 is 1.80 bits per heavy atom. The third kappa shape index (κ3) is 4.74. The van der Waals surface area contributed by atoms with Gasteiger partial charge < -0.3 is 5.32 Å². The van der Waals surface area contributed by atoms with Gasteiger partial charge >= 0.3 is 0 Å². The van der Waals surface area contributed by atoms with Gasteiger partial charge in [0.1, 0.15) is 0 Å². The largest absolute Gasteiger partial charge is 0.317 e. The van der Waals surface area contributed by atoms with Crippen molar-refractivity contribution in [1.82, 2.24) is 9.62 Å². The number of sulfonamides is 1. The summed E-state index contributed by atoms with van der Waals surface area (Å²) in [7, 11) is -1.43. The summed E-state index contributed by atoms with van der Waals surface area (Å²) in [4.78, 5) is 0. The molecule has 0 spiro atoms. The van der Waals surface area contributed by atoms with Gasteiger partial charge in [-0.05, 0) is 37.9 Å². The smallest absolute Gasteiger partial charge is 0.214 e. The van der Waals surface area contributed by atoms with E-state index >= 15 is 0 Å². The summed E-state index contributed by atoms with van der Waals surface area (Å²) >= 11 is 0. The van der Waals surface area contributed by atoms with Crippen molar-refractivity contribution in [3.05, 3.63) is 35.9 Å². The fourth-order valence-electron chi connectivity index (χ4n) is 2.43. The van der Waals surface area contributed by atoms with Crippen LogP contribution in [0, 0.1) is 0 Å². The Morgan fingerprint density at radius 1 is 1.20 bits per heavy atom. The van der Waals surface area contributed by atoms with Gasteiger partial charge in [-0.25, -0.2) is 12.7 Å². The van der Waals surface area contributed by atoms with E-state index in [1.165, 1.54) is 0 Å². The van der Waals surface area contributed by atoms with E-state index in [1.54, 1.807) is 11.4 Å². The summed E-state index contributed by atoms with van der Waals surface area (Å²) in [5.41, 5.74) is 1.07. The molecule has 0 aromatic heterocycles. The molecule has 4 nitrogen and oxygen atoms in total. The molecule has 0 bridgehead atoms. The lowest BCUT2D eigenvalue weighted by atomic mass is 10.1. The summed E-state index contributed by atoms with van der Waals surface area (Å²) in [6, 6.07) is 9.93. The number of aryl methyl sites for hydroxylation is 1. The monoisotopic (exact) mass is 318 g/mol. The third-order valence-electron chi connectivity index (χ3n) is 3.75. The van der Waals surface area contributed by atoms with E-state index in [1.807, 2.05) is 30.3 Å². The van der Waals surface area contributed by atoms with Crippen LogP contribution in [0.25, 0.3) is 0 Å². The SMILES string of the molecule is CN(C1CCNCC1)S(=O)(=O)CCc1ccccc1.Cl. The van der Waals surface area contributed by atoms with Gasteiger partial charge in [0.05, 0.1) is 5.75 Å². The van der Waals surface area contributed by atoms with E-state index < -0.39 is 10.0 Å². The topological polar surface area (TPSA) is 49.4 Å².